The number of nitrogens with one attached hydrogen (secondary N) is 3. The number of carbonyl (C=O) groups is 4. The molecule has 6 N–H and O–H groups in total. The van der Waals surface area contributed by atoms with Crippen molar-refractivity contribution in [2.75, 3.05) is 17.8 Å². The SMILES string of the molecule is CSCCC(NC(=O)C(C)N)C(=O)NC(CS)C(=O)NC(CC(C)C)C(=O)O. The molecule has 0 fully saturated rings. The van der Waals surface area contributed by atoms with Crippen molar-refractivity contribution in [3.8, 4) is 0 Å². The van der Waals surface area contributed by atoms with Crippen molar-refractivity contribution in [3.05, 3.63) is 0 Å². The summed E-state index contributed by atoms with van der Waals surface area (Å²) in [6.07, 6.45) is 2.49. The van der Waals surface area contributed by atoms with Crippen molar-refractivity contribution in [2.24, 2.45) is 11.7 Å². The first-order chi connectivity index (χ1) is 13.0. The average molecular weight is 437 g/mol. The first-order valence-electron chi connectivity index (χ1n) is 9.02. The Morgan fingerprint density at radius 1 is 0.964 bits per heavy atom. The predicted molar refractivity (Wildman–Crippen MR) is 113 cm³/mol. The van der Waals surface area contributed by atoms with Gasteiger partial charge in [0.1, 0.15) is 18.1 Å². The molecule has 0 aliphatic carbocycles. The fourth-order valence-electron chi connectivity index (χ4n) is 2.24. The van der Waals surface area contributed by atoms with Crippen molar-refractivity contribution in [2.45, 2.75) is 57.8 Å². The fourth-order valence-corrected chi connectivity index (χ4v) is 2.97. The fraction of sp³-hybridized carbons (Fsp3) is 0.765. The predicted octanol–water partition coefficient (Wildman–Crippen LogP) is -0.398. The number of carbonyl (C=O) groups excluding carboxylic acids is 3. The van der Waals surface area contributed by atoms with Gasteiger partial charge in [-0.2, -0.15) is 24.4 Å². The van der Waals surface area contributed by atoms with Gasteiger partial charge in [-0.25, -0.2) is 4.79 Å². The second-order valence-electron chi connectivity index (χ2n) is 6.90. The zero-order valence-electron chi connectivity index (χ0n) is 16.7. The van der Waals surface area contributed by atoms with Crippen LogP contribution in [0.2, 0.25) is 0 Å². The highest BCUT2D eigenvalue weighted by Gasteiger charge is 2.29. The van der Waals surface area contributed by atoms with Gasteiger partial charge in [-0.3, -0.25) is 14.4 Å². The lowest BCUT2D eigenvalue weighted by Gasteiger charge is -2.24. The molecule has 0 saturated heterocycles. The van der Waals surface area contributed by atoms with Crippen molar-refractivity contribution >= 4 is 48.1 Å². The Balaban J connectivity index is 5.09. The topological polar surface area (TPSA) is 151 Å². The summed E-state index contributed by atoms with van der Waals surface area (Å²) in [5.74, 6) is -2.15. The second kappa shape index (κ2) is 13.7. The van der Waals surface area contributed by atoms with Crippen LogP contribution < -0.4 is 21.7 Å². The lowest BCUT2D eigenvalue weighted by molar-refractivity contribution is -0.142. The number of carboxylic acids is 1. The number of hydrogen-bond donors (Lipinski definition) is 6. The zero-order chi connectivity index (χ0) is 21.9. The minimum atomic E-state index is -1.15. The van der Waals surface area contributed by atoms with E-state index >= 15 is 0 Å². The van der Waals surface area contributed by atoms with Gasteiger partial charge in [-0.05, 0) is 37.7 Å². The molecule has 28 heavy (non-hydrogen) atoms. The maximum absolute atomic E-state index is 12.6. The van der Waals surface area contributed by atoms with Crippen LogP contribution in [0.4, 0.5) is 0 Å². The quantitative estimate of drug-likeness (QED) is 0.215. The van der Waals surface area contributed by atoms with Gasteiger partial charge in [-0.1, -0.05) is 13.8 Å². The van der Waals surface area contributed by atoms with E-state index in [1.54, 1.807) is 0 Å². The summed E-state index contributed by atoms with van der Waals surface area (Å²) in [6, 6.07) is -3.72. The minimum Gasteiger partial charge on any atom is -0.480 e. The van der Waals surface area contributed by atoms with E-state index in [1.807, 2.05) is 20.1 Å². The molecule has 4 atom stereocenters. The van der Waals surface area contributed by atoms with Crippen LogP contribution >= 0.6 is 24.4 Å². The standard InChI is InChI=1S/C17H32N4O5S2/c1-9(2)7-12(17(25)26)20-16(24)13(8-27)21-15(23)11(5-6-28-4)19-14(22)10(3)18/h9-13,27H,5-8,18H2,1-4H3,(H,19,22)(H,20,24)(H,21,23)(H,25,26). The van der Waals surface area contributed by atoms with Gasteiger partial charge in [0, 0.05) is 5.75 Å². The molecule has 0 aromatic heterocycles. The Morgan fingerprint density at radius 3 is 1.89 bits per heavy atom. The summed E-state index contributed by atoms with van der Waals surface area (Å²) in [5, 5.41) is 16.8. The van der Waals surface area contributed by atoms with Crippen LogP contribution in [0.15, 0.2) is 0 Å². The van der Waals surface area contributed by atoms with E-state index in [1.165, 1.54) is 18.7 Å². The second-order valence-corrected chi connectivity index (χ2v) is 8.25. The molecule has 0 aromatic rings. The summed E-state index contributed by atoms with van der Waals surface area (Å²) in [5.41, 5.74) is 5.53. The Morgan fingerprint density at radius 2 is 1.46 bits per heavy atom. The molecule has 0 aromatic carbocycles. The van der Waals surface area contributed by atoms with Crippen LogP contribution in [0, 0.1) is 5.92 Å². The number of thioether (sulfide) groups is 1. The molecule has 0 heterocycles. The van der Waals surface area contributed by atoms with Crippen LogP contribution in [0.25, 0.3) is 0 Å². The third kappa shape index (κ3) is 10.2. The van der Waals surface area contributed by atoms with Crippen molar-refractivity contribution in [1.82, 2.24) is 16.0 Å². The van der Waals surface area contributed by atoms with E-state index in [-0.39, 0.29) is 18.1 Å². The average Bonchev–Trinajstić information content (AvgIpc) is 2.61. The molecule has 4 unspecified atom stereocenters. The summed E-state index contributed by atoms with van der Waals surface area (Å²) in [6.45, 7) is 5.19. The lowest BCUT2D eigenvalue weighted by atomic mass is 10.0. The molecule has 3 amide bonds. The molecule has 0 radical (unpaired) electrons. The molecule has 0 rings (SSSR count). The van der Waals surface area contributed by atoms with Crippen LogP contribution in [0.5, 0.6) is 0 Å². The van der Waals surface area contributed by atoms with Gasteiger partial charge in [0.15, 0.2) is 0 Å². The van der Waals surface area contributed by atoms with E-state index in [2.05, 4.69) is 28.6 Å². The van der Waals surface area contributed by atoms with Crippen LogP contribution in [0.3, 0.4) is 0 Å². The van der Waals surface area contributed by atoms with Crippen LogP contribution in [-0.2, 0) is 19.2 Å². The highest BCUT2D eigenvalue weighted by atomic mass is 32.2. The maximum atomic E-state index is 12.6. The molecule has 0 aliphatic rings. The van der Waals surface area contributed by atoms with E-state index < -0.39 is 47.9 Å². The largest absolute Gasteiger partial charge is 0.480 e. The Bertz CT molecular complexity index is 546. The summed E-state index contributed by atoms with van der Waals surface area (Å²) in [7, 11) is 0. The van der Waals surface area contributed by atoms with Crippen molar-refractivity contribution < 1.29 is 24.3 Å². The summed E-state index contributed by atoms with van der Waals surface area (Å²) in [4.78, 5) is 48.2. The minimum absolute atomic E-state index is 0.0257. The third-order valence-electron chi connectivity index (χ3n) is 3.79. The third-order valence-corrected chi connectivity index (χ3v) is 4.80. The van der Waals surface area contributed by atoms with Gasteiger partial charge in [0.25, 0.3) is 0 Å². The number of thiol groups is 1. The molecule has 0 saturated carbocycles. The van der Waals surface area contributed by atoms with Crippen molar-refractivity contribution in [1.29, 1.82) is 0 Å². The summed E-state index contributed by atoms with van der Waals surface area (Å²) >= 11 is 5.59. The normalized spacial score (nSPS) is 15.2. The van der Waals surface area contributed by atoms with Gasteiger partial charge in [0.05, 0.1) is 6.04 Å². The summed E-state index contributed by atoms with van der Waals surface area (Å²) < 4.78 is 0. The maximum Gasteiger partial charge on any atom is 0.326 e. The van der Waals surface area contributed by atoms with Gasteiger partial charge < -0.3 is 26.8 Å². The number of amides is 3. The molecule has 9 nitrogen and oxygen atoms in total. The molecule has 0 bridgehead atoms. The molecule has 162 valence electrons. The van der Waals surface area contributed by atoms with Gasteiger partial charge in [-0.15, -0.1) is 0 Å². The number of rotatable bonds is 13. The highest BCUT2D eigenvalue weighted by molar-refractivity contribution is 7.98. The lowest BCUT2D eigenvalue weighted by Crippen LogP contribution is -2.57. The Kier molecular flexibility index (Phi) is 13.0. The van der Waals surface area contributed by atoms with Crippen LogP contribution in [0.1, 0.15) is 33.6 Å². The monoisotopic (exact) mass is 436 g/mol. The molecular formula is C17H32N4O5S2. The van der Waals surface area contributed by atoms with E-state index in [0.717, 1.165) is 0 Å². The number of nitrogens with two attached hydrogens (primary N) is 1. The number of hydrogen-bond acceptors (Lipinski definition) is 7. The first kappa shape index (κ1) is 26.5. The van der Waals surface area contributed by atoms with E-state index in [4.69, 9.17) is 5.73 Å². The molecule has 0 aliphatic heterocycles. The molecular weight excluding hydrogens is 404 g/mol. The number of aliphatic carboxylic acids is 1. The molecule has 11 heteroatoms. The van der Waals surface area contributed by atoms with Crippen LogP contribution in [-0.4, -0.2) is 70.7 Å². The first-order valence-corrected chi connectivity index (χ1v) is 11.0. The zero-order valence-corrected chi connectivity index (χ0v) is 18.4. The van der Waals surface area contributed by atoms with Crippen molar-refractivity contribution in [3.63, 3.8) is 0 Å². The van der Waals surface area contributed by atoms with E-state index in [9.17, 15) is 24.3 Å². The Labute approximate surface area is 175 Å². The number of carboxylic acid groups (broad SMARTS) is 1. The highest BCUT2D eigenvalue weighted by Crippen LogP contribution is 2.06. The van der Waals surface area contributed by atoms with E-state index in [0.29, 0.717) is 12.2 Å². The Hall–Kier alpha value is -1.46. The van der Waals surface area contributed by atoms with Gasteiger partial charge in [0.2, 0.25) is 17.7 Å². The van der Waals surface area contributed by atoms with Gasteiger partial charge >= 0.3 is 5.97 Å². The smallest absolute Gasteiger partial charge is 0.326 e. The molecule has 0 spiro atoms.